The van der Waals surface area contributed by atoms with Crippen LogP contribution in [0.1, 0.15) is 17.5 Å². The molecule has 0 spiro atoms. The summed E-state index contributed by atoms with van der Waals surface area (Å²) in [4.78, 5) is 26.3. The van der Waals surface area contributed by atoms with Gasteiger partial charge in [-0.05, 0) is 37.6 Å². The molecule has 0 atom stereocenters. The van der Waals surface area contributed by atoms with Crippen molar-refractivity contribution in [1.82, 2.24) is 0 Å². The number of carbonyl (C=O) groups excluding carboxylic acids is 2. The lowest BCUT2D eigenvalue weighted by Gasteiger charge is -2.22. The first kappa shape index (κ1) is 18.1. The number of hydrogen-bond acceptors (Lipinski definition) is 4. The molecule has 2 amide bonds. The topological polar surface area (TPSA) is 83.6 Å². The number of nitrogens with zero attached hydrogens (tertiary/aromatic N) is 1. The van der Waals surface area contributed by atoms with Crippen LogP contribution in [-0.2, 0) is 19.4 Å². The number of carbonyl (C=O) groups is 2. The van der Waals surface area contributed by atoms with E-state index in [1.165, 1.54) is 11.0 Å². The molecule has 1 N–H and O–H groups in total. The summed E-state index contributed by atoms with van der Waals surface area (Å²) in [6, 6.07) is 11.9. The van der Waals surface area contributed by atoms with E-state index < -0.39 is 9.84 Å². The predicted octanol–water partition coefficient (Wildman–Crippen LogP) is 2.45. The highest BCUT2D eigenvalue weighted by Crippen LogP contribution is 2.30. The number of benzene rings is 2. The molecule has 0 fully saturated rings. The molecule has 2 aromatic carbocycles. The van der Waals surface area contributed by atoms with Gasteiger partial charge in [0.2, 0.25) is 11.8 Å². The fourth-order valence-corrected chi connectivity index (χ4v) is 4.45. The van der Waals surface area contributed by atoms with Gasteiger partial charge in [0, 0.05) is 12.1 Å². The summed E-state index contributed by atoms with van der Waals surface area (Å²) < 4.78 is 24.7. The lowest BCUT2D eigenvalue weighted by atomic mass is 10.1. The Labute approximate surface area is 152 Å². The van der Waals surface area contributed by atoms with Gasteiger partial charge in [-0.2, -0.15) is 0 Å². The van der Waals surface area contributed by atoms with E-state index in [-0.39, 0.29) is 41.1 Å². The molecule has 6 nitrogen and oxygen atoms in total. The van der Waals surface area contributed by atoms with Crippen LogP contribution in [-0.4, -0.2) is 32.5 Å². The number of anilines is 2. The van der Waals surface area contributed by atoms with E-state index in [2.05, 4.69) is 5.32 Å². The number of para-hydroxylation sites is 1. The standard InChI is InChI=1S/C19H20N2O4S/c1-13-7-8-15(14(2)11-13)20-18(22)12-21-16-5-3-4-6-17(16)26(24,25)10-9-19(21)23/h3-8,11H,9-10,12H2,1-2H3,(H,20,22). The quantitative estimate of drug-likeness (QED) is 0.897. The van der Waals surface area contributed by atoms with Crippen LogP contribution in [0.25, 0.3) is 0 Å². The van der Waals surface area contributed by atoms with Gasteiger partial charge in [-0.15, -0.1) is 0 Å². The van der Waals surface area contributed by atoms with Crippen molar-refractivity contribution >= 4 is 33.0 Å². The highest BCUT2D eigenvalue weighted by atomic mass is 32.2. The molecule has 136 valence electrons. The highest BCUT2D eigenvalue weighted by Gasteiger charge is 2.31. The van der Waals surface area contributed by atoms with Gasteiger partial charge in [0.25, 0.3) is 0 Å². The fourth-order valence-electron chi connectivity index (χ4n) is 3.00. The molecule has 0 bridgehead atoms. The van der Waals surface area contributed by atoms with Gasteiger partial charge < -0.3 is 10.2 Å². The number of rotatable bonds is 3. The third-order valence-electron chi connectivity index (χ3n) is 4.33. The average Bonchev–Trinajstić information content (AvgIpc) is 2.68. The SMILES string of the molecule is Cc1ccc(NC(=O)CN2C(=O)CCS(=O)(=O)c3ccccc32)c(C)c1. The van der Waals surface area contributed by atoms with Crippen molar-refractivity contribution in [2.75, 3.05) is 22.5 Å². The summed E-state index contributed by atoms with van der Waals surface area (Å²) >= 11 is 0. The summed E-state index contributed by atoms with van der Waals surface area (Å²) in [5.74, 6) is -1.01. The Kier molecular flexibility index (Phi) is 4.82. The minimum absolute atomic E-state index is 0.0881. The van der Waals surface area contributed by atoms with Crippen molar-refractivity contribution in [2.24, 2.45) is 0 Å². The van der Waals surface area contributed by atoms with Crippen LogP contribution in [0.2, 0.25) is 0 Å². The van der Waals surface area contributed by atoms with Gasteiger partial charge in [0.05, 0.1) is 16.3 Å². The van der Waals surface area contributed by atoms with Crippen LogP contribution in [0.3, 0.4) is 0 Å². The van der Waals surface area contributed by atoms with E-state index in [9.17, 15) is 18.0 Å². The molecular formula is C19H20N2O4S. The molecule has 0 aliphatic carbocycles. The molecule has 0 saturated carbocycles. The van der Waals surface area contributed by atoms with Gasteiger partial charge in [0.15, 0.2) is 9.84 Å². The Balaban J connectivity index is 1.88. The second-order valence-corrected chi connectivity index (χ2v) is 8.46. The van der Waals surface area contributed by atoms with Crippen LogP contribution < -0.4 is 10.2 Å². The monoisotopic (exact) mass is 372 g/mol. The Morgan fingerprint density at radius 2 is 1.88 bits per heavy atom. The summed E-state index contributed by atoms with van der Waals surface area (Å²) in [6.45, 7) is 3.62. The molecular weight excluding hydrogens is 352 g/mol. The minimum atomic E-state index is -3.54. The van der Waals surface area contributed by atoms with Gasteiger partial charge in [-0.3, -0.25) is 9.59 Å². The summed E-state index contributed by atoms with van der Waals surface area (Å²) in [7, 11) is -3.54. The fraction of sp³-hybridized carbons (Fsp3) is 0.263. The molecule has 26 heavy (non-hydrogen) atoms. The zero-order valence-corrected chi connectivity index (χ0v) is 15.5. The van der Waals surface area contributed by atoms with Crippen molar-refractivity contribution in [1.29, 1.82) is 0 Å². The zero-order valence-electron chi connectivity index (χ0n) is 14.7. The number of nitrogens with one attached hydrogen (secondary N) is 1. The first-order valence-electron chi connectivity index (χ1n) is 8.27. The smallest absolute Gasteiger partial charge is 0.244 e. The first-order valence-corrected chi connectivity index (χ1v) is 9.92. The van der Waals surface area contributed by atoms with Crippen LogP contribution in [0.15, 0.2) is 47.4 Å². The van der Waals surface area contributed by atoms with Crippen LogP contribution in [0.5, 0.6) is 0 Å². The number of aryl methyl sites for hydroxylation is 2. The van der Waals surface area contributed by atoms with Crippen LogP contribution >= 0.6 is 0 Å². The summed E-state index contributed by atoms with van der Waals surface area (Å²) in [6.07, 6.45) is -0.145. The van der Waals surface area contributed by atoms with Gasteiger partial charge >= 0.3 is 0 Å². The second kappa shape index (κ2) is 6.92. The molecule has 0 radical (unpaired) electrons. The largest absolute Gasteiger partial charge is 0.324 e. The number of amides is 2. The minimum Gasteiger partial charge on any atom is -0.324 e. The van der Waals surface area contributed by atoms with E-state index in [1.807, 2.05) is 32.0 Å². The van der Waals surface area contributed by atoms with Crippen LogP contribution in [0, 0.1) is 13.8 Å². The van der Waals surface area contributed by atoms with Crippen molar-refractivity contribution in [2.45, 2.75) is 25.2 Å². The van der Waals surface area contributed by atoms with Gasteiger partial charge in [0.1, 0.15) is 6.54 Å². The molecule has 0 aromatic heterocycles. The molecule has 2 aromatic rings. The highest BCUT2D eigenvalue weighted by molar-refractivity contribution is 7.91. The summed E-state index contributed by atoms with van der Waals surface area (Å²) in [5, 5.41) is 2.79. The van der Waals surface area contributed by atoms with Crippen molar-refractivity contribution in [3.8, 4) is 0 Å². The number of hydrogen-bond donors (Lipinski definition) is 1. The molecule has 0 saturated heterocycles. The zero-order chi connectivity index (χ0) is 18.9. The maximum atomic E-state index is 12.5. The van der Waals surface area contributed by atoms with E-state index in [4.69, 9.17) is 0 Å². The maximum absolute atomic E-state index is 12.5. The molecule has 7 heteroatoms. The normalized spacial score (nSPS) is 15.9. The Hall–Kier alpha value is -2.67. The van der Waals surface area contributed by atoms with E-state index >= 15 is 0 Å². The van der Waals surface area contributed by atoms with Gasteiger partial charge in [-0.1, -0.05) is 29.8 Å². The first-order chi connectivity index (χ1) is 12.3. The molecule has 1 heterocycles. The maximum Gasteiger partial charge on any atom is 0.244 e. The third-order valence-corrected chi connectivity index (χ3v) is 6.09. The van der Waals surface area contributed by atoms with Crippen LogP contribution in [0.4, 0.5) is 11.4 Å². The predicted molar refractivity (Wildman–Crippen MR) is 100 cm³/mol. The Bertz CT molecular complexity index is 983. The van der Waals surface area contributed by atoms with E-state index in [1.54, 1.807) is 18.2 Å². The summed E-state index contributed by atoms with van der Waals surface area (Å²) in [5.41, 5.74) is 2.93. The third kappa shape index (κ3) is 3.62. The van der Waals surface area contributed by atoms with Gasteiger partial charge in [-0.25, -0.2) is 8.42 Å². The van der Waals surface area contributed by atoms with Crippen molar-refractivity contribution < 1.29 is 18.0 Å². The lowest BCUT2D eigenvalue weighted by molar-refractivity contribution is -0.121. The van der Waals surface area contributed by atoms with E-state index in [0.717, 1.165) is 11.1 Å². The molecule has 1 aliphatic heterocycles. The lowest BCUT2D eigenvalue weighted by Crippen LogP contribution is -2.38. The molecule has 0 unspecified atom stereocenters. The number of sulfone groups is 1. The van der Waals surface area contributed by atoms with Crippen molar-refractivity contribution in [3.05, 3.63) is 53.6 Å². The Morgan fingerprint density at radius 1 is 1.15 bits per heavy atom. The number of fused-ring (bicyclic) bond motifs is 1. The average molecular weight is 372 g/mol. The second-order valence-electron chi connectivity index (χ2n) is 6.38. The van der Waals surface area contributed by atoms with Crippen molar-refractivity contribution in [3.63, 3.8) is 0 Å². The molecule has 1 aliphatic rings. The Morgan fingerprint density at radius 3 is 2.62 bits per heavy atom. The van der Waals surface area contributed by atoms with E-state index in [0.29, 0.717) is 5.69 Å². The molecule has 3 rings (SSSR count).